The summed E-state index contributed by atoms with van der Waals surface area (Å²) in [4.78, 5) is 16.2. The van der Waals surface area contributed by atoms with Crippen molar-refractivity contribution in [3.63, 3.8) is 0 Å². The van der Waals surface area contributed by atoms with Crippen molar-refractivity contribution in [2.24, 2.45) is 0 Å². The summed E-state index contributed by atoms with van der Waals surface area (Å²) in [6.45, 7) is 0. The summed E-state index contributed by atoms with van der Waals surface area (Å²) < 4.78 is 0. The molecule has 0 unspecified atom stereocenters. The number of nitrogens with one attached hydrogen (secondary N) is 2. The van der Waals surface area contributed by atoms with E-state index in [1.54, 1.807) is 12.1 Å². The van der Waals surface area contributed by atoms with Crippen LogP contribution in [0.5, 0.6) is 5.75 Å². The number of aromatic hydroxyl groups is 1. The third-order valence-electron chi connectivity index (χ3n) is 6.87. The fraction of sp³-hybridized carbons (Fsp3) is 0. The molecular formula is C32H19Cl3N4O. The Balaban J connectivity index is 1.52. The van der Waals surface area contributed by atoms with Crippen LogP contribution >= 0.6 is 34.8 Å². The minimum Gasteiger partial charge on any atom is -0.508 e. The number of aromatic nitrogens is 4. The second-order valence-electron chi connectivity index (χ2n) is 9.48. The minimum atomic E-state index is 0.225. The third-order valence-corrected chi connectivity index (χ3v) is 8.05. The molecule has 0 radical (unpaired) electrons. The van der Waals surface area contributed by atoms with E-state index in [9.17, 15) is 5.11 Å². The molecule has 0 aliphatic carbocycles. The van der Waals surface area contributed by atoms with Gasteiger partial charge in [0.15, 0.2) is 0 Å². The molecule has 0 saturated heterocycles. The van der Waals surface area contributed by atoms with Gasteiger partial charge >= 0.3 is 0 Å². The van der Waals surface area contributed by atoms with E-state index < -0.39 is 0 Å². The van der Waals surface area contributed by atoms with Gasteiger partial charge in [-0.1, -0.05) is 65.1 Å². The fourth-order valence-corrected chi connectivity index (χ4v) is 5.56. The Morgan fingerprint density at radius 2 is 1.23 bits per heavy atom. The van der Waals surface area contributed by atoms with E-state index in [1.165, 1.54) is 0 Å². The average Bonchev–Trinajstić information content (AvgIpc) is 3.78. The Labute approximate surface area is 244 Å². The first-order valence-electron chi connectivity index (χ1n) is 12.5. The average molecular weight is 582 g/mol. The van der Waals surface area contributed by atoms with Crippen LogP contribution in [0.15, 0.2) is 72.8 Å². The lowest BCUT2D eigenvalue weighted by Gasteiger charge is -2.06. The largest absolute Gasteiger partial charge is 0.508 e. The number of phenolic OH excluding ortho intramolecular Hbond substituents is 1. The van der Waals surface area contributed by atoms with Crippen molar-refractivity contribution in [2.75, 3.05) is 0 Å². The van der Waals surface area contributed by atoms with Crippen LogP contribution in [-0.4, -0.2) is 25.0 Å². The molecule has 3 N–H and O–H groups in total. The molecule has 40 heavy (non-hydrogen) atoms. The Kier molecular flexibility index (Phi) is 6.01. The number of H-pyrrole nitrogens is 2. The number of hydrogen-bond donors (Lipinski definition) is 3. The molecule has 5 heterocycles. The maximum atomic E-state index is 9.72. The molecular weight excluding hydrogens is 563 g/mol. The number of phenols is 1. The first-order chi connectivity index (χ1) is 19.4. The van der Waals surface area contributed by atoms with Crippen molar-refractivity contribution >= 4 is 81.2 Å². The van der Waals surface area contributed by atoms with Gasteiger partial charge in [-0.15, -0.1) is 0 Å². The zero-order valence-corrected chi connectivity index (χ0v) is 23.0. The van der Waals surface area contributed by atoms with Crippen molar-refractivity contribution in [1.29, 1.82) is 0 Å². The van der Waals surface area contributed by atoms with Crippen LogP contribution in [0.3, 0.4) is 0 Å². The van der Waals surface area contributed by atoms with E-state index in [0.717, 1.165) is 39.0 Å². The van der Waals surface area contributed by atoms with Gasteiger partial charge in [0, 0.05) is 11.1 Å². The molecule has 2 aliphatic rings. The van der Waals surface area contributed by atoms with Crippen LogP contribution in [0, 0.1) is 0 Å². The van der Waals surface area contributed by atoms with Gasteiger partial charge in [0.2, 0.25) is 0 Å². The number of fused-ring (bicyclic) bond motifs is 8. The van der Waals surface area contributed by atoms with Gasteiger partial charge in [0.1, 0.15) is 5.75 Å². The molecule has 2 aliphatic heterocycles. The zero-order chi connectivity index (χ0) is 27.4. The molecule has 2 aromatic carbocycles. The van der Waals surface area contributed by atoms with E-state index in [0.29, 0.717) is 43.2 Å². The number of aromatic amines is 2. The lowest BCUT2D eigenvalue weighted by Crippen LogP contribution is -1.83. The molecule has 5 nitrogen and oxygen atoms in total. The first-order valence-corrected chi connectivity index (χ1v) is 13.6. The monoisotopic (exact) mass is 580 g/mol. The molecule has 8 heteroatoms. The maximum Gasteiger partial charge on any atom is 0.115 e. The van der Waals surface area contributed by atoms with Crippen molar-refractivity contribution in [3.8, 4) is 28.0 Å². The number of nitrogens with zero attached hydrogens (tertiary/aromatic N) is 2. The van der Waals surface area contributed by atoms with E-state index in [4.69, 9.17) is 44.8 Å². The predicted molar refractivity (Wildman–Crippen MR) is 166 cm³/mol. The predicted octanol–water partition coefficient (Wildman–Crippen LogP) is 9.66. The summed E-state index contributed by atoms with van der Waals surface area (Å²) in [6.07, 6.45) is 7.50. The smallest absolute Gasteiger partial charge is 0.115 e. The number of benzene rings is 2. The normalized spacial score (nSPS) is 12.3. The topological polar surface area (TPSA) is 77.6 Å². The van der Waals surface area contributed by atoms with Crippen LogP contribution in [0.4, 0.5) is 0 Å². The lowest BCUT2D eigenvalue weighted by atomic mass is 9.99. The second kappa shape index (κ2) is 9.72. The van der Waals surface area contributed by atoms with Gasteiger partial charge in [-0.2, -0.15) is 0 Å². The van der Waals surface area contributed by atoms with E-state index in [-0.39, 0.29) is 5.75 Å². The minimum absolute atomic E-state index is 0.225. The summed E-state index contributed by atoms with van der Waals surface area (Å²) in [5.41, 5.74) is 9.41. The van der Waals surface area contributed by atoms with Crippen LogP contribution < -0.4 is 0 Å². The van der Waals surface area contributed by atoms with E-state index >= 15 is 0 Å². The van der Waals surface area contributed by atoms with Gasteiger partial charge in [0.25, 0.3) is 0 Å². The van der Waals surface area contributed by atoms with Crippen molar-refractivity contribution in [2.45, 2.75) is 0 Å². The molecule has 0 spiro atoms. The Morgan fingerprint density at radius 3 is 1.98 bits per heavy atom. The fourth-order valence-electron chi connectivity index (χ4n) is 4.88. The summed E-state index contributed by atoms with van der Waals surface area (Å²) in [5.74, 6) is 0.225. The Morgan fingerprint density at radius 1 is 0.575 bits per heavy atom. The highest BCUT2D eigenvalue weighted by molar-refractivity contribution is 6.37. The molecule has 0 atom stereocenters. The SMILES string of the molecule is Oc1ccc(-c2cccc(-c3cc4cc5nc(c(Cl)c6ccc([nH]6)c(Cl)c6nc(c(Cl)c3[nH]4)C=C6)C=C5)c2)cc1. The zero-order valence-electron chi connectivity index (χ0n) is 20.7. The highest BCUT2D eigenvalue weighted by Crippen LogP contribution is 2.36. The van der Waals surface area contributed by atoms with Crippen LogP contribution in [-0.2, 0) is 0 Å². The summed E-state index contributed by atoms with van der Waals surface area (Å²) >= 11 is 20.5. The van der Waals surface area contributed by atoms with Gasteiger partial charge in [-0.25, -0.2) is 9.97 Å². The number of rotatable bonds is 2. The first kappa shape index (κ1) is 24.7. The van der Waals surface area contributed by atoms with E-state index in [2.05, 4.69) is 16.0 Å². The summed E-state index contributed by atoms with van der Waals surface area (Å²) in [5, 5.41) is 11.1. The van der Waals surface area contributed by atoms with Gasteiger partial charge < -0.3 is 15.1 Å². The van der Waals surface area contributed by atoms with Crippen molar-refractivity contribution in [1.82, 2.24) is 19.9 Å². The Bertz CT molecular complexity index is 2050. The summed E-state index contributed by atoms with van der Waals surface area (Å²) in [7, 11) is 0. The standard InChI is InChI=1S/C32H19Cl3N4O/c33-29-24-9-6-20(36-24)15-21-16-23(19-3-1-2-18(14-19)17-4-7-22(40)8-5-17)32(37-21)31(35)28-13-12-27(39-28)30(34)26-11-10-25(29)38-26/h1-16,37-38,40H. The molecule has 5 aromatic rings. The van der Waals surface area contributed by atoms with Gasteiger partial charge in [-0.3, -0.25) is 0 Å². The molecule has 7 rings (SSSR count). The van der Waals surface area contributed by atoms with Crippen LogP contribution in [0.1, 0.15) is 22.8 Å². The van der Waals surface area contributed by atoms with Crippen LogP contribution in [0.2, 0.25) is 15.1 Å². The highest BCUT2D eigenvalue weighted by atomic mass is 35.5. The molecule has 0 fully saturated rings. The van der Waals surface area contributed by atoms with E-state index in [1.807, 2.05) is 78.9 Å². The molecule has 8 bridgehead atoms. The number of halogens is 3. The van der Waals surface area contributed by atoms with Crippen molar-refractivity contribution < 1.29 is 5.11 Å². The highest BCUT2D eigenvalue weighted by Gasteiger charge is 2.15. The molecule has 194 valence electrons. The third kappa shape index (κ3) is 4.38. The Hall–Kier alpha value is -4.29. The number of hydrogen-bond acceptors (Lipinski definition) is 3. The lowest BCUT2D eigenvalue weighted by molar-refractivity contribution is 0.475. The van der Waals surface area contributed by atoms with Crippen molar-refractivity contribution in [3.05, 3.63) is 111 Å². The van der Waals surface area contributed by atoms with Gasteiger partial charge in [0.05, 0.1) is 54.4 Å². The second-order valence-corrected chi connectivity index (χ2v) is 10.6. The quantitative estimate of drug-likeness (QED) is 0.190. The molecule has 3 aromatic heterocycles. The summed E-state index contributed by atoms with van der Waals surface area (Å²) in [6, 6.07) is 23.0. The van der Waals surface area contributed by atoms with Crippen LogP contribution in [0.25, 0.3) is 68.6 Å². The maximum absolute atomic E-state index is 9.72. The van der Waals surface area contributed by atoms with Gasteiger partial charge in [-0.05, 0) is 83.5 Å². The molecule has 0 saturated carbocycles. The molecule has 0 amide bonds.